The van der Waals surface area contributed by atoms with Crippen LogP contribution in [0.4, 0.5) is 0 Å². The van der Waals surface area contributed by atoms with Gasteiger partial charge in [-0.25, -0.2) is 4.79 Å². The van der Waals surface area contributed by atoms with E-state index in [4.69, 9.17) is 34.8 Å². The van der Waals surface area contributed by atoms with Crippen molar-refractivity contribution in [1.29, 1.82) is 0 Å². The fourth-order valence-corrected chi connectivity index (χ4v) is 0.411. The summed E-state index contributed by atoms with van der Waals surface area (Å²) < 4.78 is 2.10. The highest BCUT2D eigenvalue weighted by Gasteiger charge is 2.37. The molecule has 0 aliphatic heterocycles. The quantitative estimate of drug-likeness (QED) is 0.375. The Morgan fingerprint density at radius 2 is 1.38 bits per heavy atom. The van der Waals surface area contributed by atoms with Crippen LogP contribution in [0.25, 0.3) is 0 Å². The van der Waals surface area contributed by atoms with Crippen molar-refractivity contribution in [1.82, 2.24) is 0 Å². The van der Waals surface area contributed by atoms with Crippen molar-refractivity contribution in [2.24, 2.45) is 5.41 Å². The van der Waals surface area contributed by atoms with Crippen LogP contribution in [0.2, 0.25) is 0 Å². The van der Waals surface area contributed by atoms with Gasteiger partial charge in [0.05, 0.1) is 5.41 Å². The maximum absolute atomic E-state index is 11.1. The maximum Gasteiger partial charge on any atom is 0.366 e. The molecule has 0 heterocycles. The van der Waals surface area contributed by atoms with Crippen LogP contribution in [-0.2, 0) is 14.3 Å². The van der Waals surface area contributed by atoms with Gasteiger partial charge in [-0.15, -0.1) is 0 Å². The van der Waals surface area contributed by atoms with Gasteiger partial charge in [-0.1, -0.05) is 34.8 Å². The summed E-state index contributed by atoms with van der Waals surface area (Å²) in [6, 6.07) is 0. The Hall–Kier alpha value is 0.01000. The molecule has 0 aromatic rings. The Labute approximate surface area is 91.3 Å². The molecule has 0 spiro atoms. The third-order valence-corrected chi connectivity index (χ3v) is 1.49. The molecule has 0 aliphatic carbocycles. The van der Waals surface area contributed by atoms with E-state index in [0.717, 1.165) is 0 Å². The molecule has 0 aromatic carbocycles. The summed E-state index contributed by atoms with van der Waals surface area (Å²) in [5.41, 5.74) is -0.800. The predicted octanol–water partition coefficient (Wildman–Crippen LogP) is 2.47. The van der Waals surface area contributed by atoms with Crippen LogP contribution in [0.5, 0.6) is 0 Å². The van der Waals surface area contributed by atoms with E-state index in [0.29, 0.717) is 0 Å². The molecule has 0 rings (SSSR count). The van der Waals surface area contributed by atoms with Crippen molar-refractivity contribution in [2.75, 3.05) is 0 Å². The monoisotopic (exact) mass is 246 g/mol. The predicted molar refractivity (Wildman–Crippen MR) is 50.8 cm³/mol. The highest BCUT2D eigenvalue weighted by atomic mass is 35.6. The molecular formula is C7H9Cl3O3. The van der Waals surface area contributed by atoms with E-state index in [9.17, 15) is 9.59 Å². The van der Waals surface area contributed by atoms with Crippen molar-refractivity contribution in [3.63, 3.8) is 0 Å². The Kier molecular flexibility index (Phi) is 4.03. The second-order valence-electron chi connectivity index (χ2n) is 3.42. The second-order valence-corrected chi connectivity index (χ2v) is 5.71. The number of rotatable bonds is 0. The van der Waals surface area contributed by atoms with Crippen LogP contribution >= 0.6 is 34.8 Å². The smallest absolute Gasteiger partial charge is 0.366 e. The van der Waals surface area contributed by atoms with E-state index in [1.165, 1.54) is 0 Å². The van der Waals surface area contributed by atoms with Crippen LogP contribution < -0.4 is 0 Å². The summed E-state index contributed by atoms with van der Waals surface area (Å²) in [7, 11) is 0. The number of alkyl halides is 3. The lowest BCUT2D eigenvalue weighted by Gasteiger charge is -2.17. The molecule has 0 amide bonds. The van der Waals surface area contributed by atoms with Gasteiger partial charge in [0.25, 0.3) is 3.79 Å². The molecule has 76 valence electrons. The lowest BCUT2D eigenvalue weighted by atomic mass is 9.97. The normalized spacial score (nSPS) is 12.5. The van der Waals surface area contributed by atoms with Crippen LogP contribution in [0.3, 0.4) is 0 Å². The second kappa shape index (κ2) is 4.03. The first kappa shape index (κ1) is 13.0. The summed E-state index contributed by atoms with van der Waals surface area (Å²) in [4.78, 5) is 22.0. The number of ether oxygens (including phenoxy) is 1. The van der Waals surface area contributed by atoms with Crippen LogP contribution in [0.1, 0.15) is 20.8 Å². The Morgan fingerprint density at radius 3 is 1.62 bits per heavy atom. The minimum Gasteiger partial charge on any atom is -0.390 e. The number of hydrogen-bond acceptors (Lipinski definition) is 3. The maximum atomic E-state index is 11.1. The van der Waals surface area contributed by atoms with E-state index in [1.807, 2.05) is 0 Å². The van der Waals surface area contributed by atoms with Crippen molar-refractivity contribution in [2.45, 2.75) is 24.6 Å². The van der Waals surface area contributed by atoms with Crippen molar-refractivity contribution in [3.8, 4) is 0 Å². The third-order valence-electron chi connectivity index (χ3n) is 1.03. The Balaban J connectivity index is 4.34. The molecule has 0 atom stereocenters. The molecule has 0 saturated carbocycles. The summed E-state index contributed by atoms with van der Waals surface area (Å²) >= 11 is 15.5. The average molecular weight is 248 g/mol. The third kappa shape index (κ3) is 4.69. The number of carbonyl (C=O) groups is 2. The highest BCUT2D eigenvalue weighted by Crippen LogP contribution is 2.28. The molecular weight excluding hydrogens is 238 g/mol. The van der Waals surface area contributed by atoms with E-state index < -0.39 is 21.1 Å². The van der Waals surface area contributed by atoms with Crippen LogP contribution in [0, 0.1) is 5.41 Å². The fraction of sp³-hybridized carbons (Fsp3) is 0.714. The van der Waals surface area contributed by atoms with Crippen LogP contribution in [0.15, 0.2) is 0 Å². The van der Waals surface area contributed by atoms with E-state index >= 15 is 0 Å². The van der Waals surface area contributed by atoms with Gasteiger partial charge in [0.1, 0.15) is 0 Å². The molecule has 0 aromatic heterocycles. The summed E-state index contributed by atoms with van der Waals surface area (Å²) in [6.07, 6.45) is 0. The van der Waals surface area contributed by atoms with Gasteiger partial charge in [0.15, 0.2) is 0 Å². The number of carbonyl (C=O) groups excluding carboxylic acids is 2. The topological polar surface area (TPSA) is 43.4 Å². The first-order valence-electron chi connectivity index (χ1n) is 3.38. The van der Waals surface area contributed by atoms with E-state index in [2.05, 4.69) is 4.74 Å². The van der Waals surface area contributed by atoms with Crippen molar-refractivity contribution in [3.05, 3.63) is 0 Å². The molecule has 0 saturated heterocycles. The zero-order valence-corrected chi connectivity index (χ0v) is 9.63. The SMILES string of the molecule is CC(C)(C)C(=O)OC(=O)C(Cl)(Cl)Cl. The van der Waals surface area contributed by atoms with Gasteiger partial charge in [0, 0.05) is 0 Å². The summed E-state index contributed by atoms with van der Waals surface area (Å²) in [6.45, 7) is 4.75. The zero-order chi connectivity index (χ0) is 10.9. The summed E-state index contributed by atoms with van der Waals surface area (Å²) in [5, 5.41) is 0. The largest absolute Gasteiger partial charge is 0.390 e. The molecule has 0 N–H and O–H groups in total. The standard InChI is InChI=1S/C7H9Cl3O3/c1-6(2,3)4(11)13-5(12)7(8,9)10/h1-3H3. The Bertz CT molecular complexity index is 200. The average Bonchev–Trinajstić information content (AvgIpc) is 1.82. The molecule has 3 nitrogen and oxygen atoms in total. The van der Waals surface area contributed by atoms with Gasteiger partial charge >= 0.3 is 11.9 Å². The lowest BCUT2D eigenvalue weighted by Crippen LogP contribution is -2.31. The summed E-state index contributed by atoms with van der Waals surface area (Å²) in [5.74, 6) is -1.92. The minimum atomic E-state index is -2.21. The van der Waals surface area contributed by atoms with Crippen LogP contribution in [-0.4, -0.2) is 15.7 Å². The molecule has 6 heteroatoms. The molecule has 0 fully saturated rings. The molecule has 0 unspecified atom stereocenters. The fourth-order valence-electron chi connectivity index (χ4n) is 0.295. The van der Waals surface area contributed by atoms with Crippen molar-refractivity contribution < 1.29 is 14.3 Å². The molecule has 0 aliphatic rings. The first-order chi connectivity index (χ1) is 5.55. The molecule has 0 radical (unpaired) electrons. The number of hydrogen-bond donors (Lipinski definition) is 0. The van der Waals surface area contributed by atoms with E-state index in [1.54, 1.807) is 20.8 Å². The minimum absolute atomic E-state index is 0.733. The zero-order valence-electron chi connectivity index (χ0n) is 7.36. The van der Waals surface area contributed by atoms with Gasteiger partial charge in [-0.05, 0) is 20.8 Å². The van der Waals surface area contributed by atoms with E-state index in [-0.39, 0.29) is 0 Å². The number of halogens is 3. The Morgan fingerprint density at radius 1 is 1.00 bits per heavy atom. The molecule has 13 heavy (non-hydrogen) atoms. The highest BCUT2D eigenvalue weighted by molar-refractivity contribution is 6.75. The first-order valence-corrected chi connectivity index (χ1v) is 4.52. The molecule has 0 bridgehead atoms. The lowest BCUT2D eigenvalue weighted by molar-refractivity contribution is -0.165. The van der Waals surface area contributed by atoms with Crippen molar-refractivity contribution >= 4 is 46.7 Å². The van der Waals surface area contributed by atoms with Gasteiger partial charge in [0.2, 0.25) is 0 Å². The van der Waals surface area contributed by atoms with Gasteiger partial charge < -0.3 is 4.74 Å². The van der Waals surface area contributed by atoms with Gasteiger partial charge in [-0.3, -0.25) is 4.79 Å². The number of esters is 2. The van der Waals surface area contributed by atoms with Gasteiger partial charge in [-0.2, -0.15) is 0 Å².